The third-order valence-electron chi connectivity index (χ3n) is 7.59. The Morgan fingerprint density at radius 3 is 2.71 bits per heavy atom. The fraction of sp³-hybridized carbons (Fsp3) is 0.667. The molecule has 1 aliphatic carbocycles. The molecule has 2 bridgehead atoms. The van der Waals surface area contributed by atoms with Crippen molar-refractivity contribution in [2.45, 2.75) is 63.5 Å². The minimum Gasteiger partial charge on any atom is -0.299 e. The lowest BCUT2D eigenvalue weighted by atomic mass is 9.68. The van der Waals surface area contributed by atoms with E-state index in [-0.39, 0.29) is 0 Å². The summed E-state index contributed by atoms with van der Waals surface area (Å²) in [7, 11) is 0. The lowest BCUT2D eigenvalue weighted by Gasteiger charge is -2.55. The first-order valence-electron chi connectivity index (χ1n) is 11.3. The van der Waals surface area contributed by atoms with Gasteiger partial charge < -0.3 is 0 Å². The molecule has 3 fully saturated rings. The smallest absolute Gasteiger partial charge is 0.0423 e. The van der Waals surface area contributed by atoms with Gasteiger partial charge in [-0.1, -0.05) is 41.3 Å². The van der Waals surface area contributed by atoms with Crippen LogP contribution in [-0.2, 0) is 6.42 Å². The summed E-state index contributed by atoms with van der Waals surface area (Å²) in [6.07, 6.45) is 13.3. The molecular formula is C24H32Cl2N2. The van der Waals surface area contributed by atoms with Gasteiger partial charge in [0.15, 0.2) is 0 Å². The largest absolute Gasteiger partial charge is 0.299 e. The van der Waals surface area contributed by atoms with E-state index in [9.17, 15) is 0 Å². The zero-order valence-electron chi connectivity index (χ0n) is 16.8. The molecule has 28 heavy (non-hydrogen) atoms. The zero-order chi connectivity index (χ0) is 19.1. The standard InChI is InChI=1S/C24H32Cl2N2/c25-21-11-17(12-22(26)15-21)5-3-9-27-10-4-6-18-13-19-14-20(24(18)27)16-28-8-2-1-7-23(19)28/h11-13,15,19-20,23-24H,1-10,14,16H2/t19-,20+,23+,24+/m0/s1. The van der Waals surface area contributed by atoms with Crippen LogP contribution in [0.25, 0.3) is 0 Å². The van der Waals surface area contributed by atoms with Gasteiger partial charge in [0.2, 0.25) is 0 Å². The maximum atomic E-state index is 6.18. The van der Waals surface area contributed by atoms with Gasteiger partial charge in [0.1, 0.15) is 0 Å². The first-order chi connectivity index (χ1) is 13.7. The van der Waals surface area contributed by atoms with Crippen LogP contribution in [-0.4, -0.2) is 48.1 Å². The Balaban J connectivity index is 1.27. The molecule has 0 aromatic heterocycles. The van der Waals surface area contributed by atoms with Crippen LogP contribution in [0.4, 0.5) is 0 Å². The van der Waals surface area contributed by atoms with E-state index in [1.165, 1.54) is 76.7 Å². The number of hydrogen-bond acceptors (Lipinski definition) is 2. The summed E-state index contributed by atoms with van der Waals surface area (Å²) in [5.41, 5.74) is 3.05. The zero-order valence-corrected chi connectivity index (χ0v) is 18.3. The van der Waals surface area contributed by atoms with Gasteiger partial charge in [0.05, 0.1) is 0 Å². The van der Waals surface area contributed by atoms with Gasteiger partial charge in [0, 0.05) is 28.7 Å². The summed E-state index contributed by atoms with van der Waals surface area (Å²) in [6.45, 7) is 5.13. The first-order valence-corrected chi connectivity index (χ1v) is 12.1. The van der Waals surface area contributed by atoms with Gasteiger partial charge in [-0.3, -0.25) is 9.80 Å². The number of hydrogen-bond donors (Lipinski definition) is 0. The molecule has 0 N–H and O–H groups in total. The highest BCUT2D eigenvalue weighted by atomic mass is 35.5. The molecule has 4 aliphatic rings. The van der Waals surface area contributed by atoms with Crippen molar-refractivity contribution in [1.29, 1.82) is 0 Å². The first kappa shape index (κ1) is 19.4. The predicted molar refractivity (Wildman–Crippen MR) is 118 cm³/mol. The number of benzene rings is 1. The molecule has 0 spiro atoms. The summed E-state index contributed by atoms with van der Waals surface area (Å²) >= 11 is 12.4. The van der Waals surface area contributed by atoms with Gasteiger partial charge in [-0.25, -0.2) is 0 Å². The lowest BCUT2D eigenvalue weighted by Crippen LogP contribution is -2.59. The van der Waals surface area contributed by atoms with E-state index >= 15 is 0 Å². The molecular weight excluding hydrogens is 387 g/mol. The van der Waals surface area contributed by atoms with E-state index < -0.39 is 0 Å². The van der Waals surface area contributed by atoms with Crippen molar-refractivity contribution < 1.29 is 0 Å². The van der Waals surface area contributed by atoms with Crippen molar-refractivity contribution in [3.63, 3.8) is 0 Å². The highest BCUT2D eigenvalue weighted by Gasteiger charge is 2.45. The maximum Gasteiger partial charge on any atom is 0.0423 e. The van der Waals surface area contributed by atoms with Crippen LogP contribution in [0.15, 0.2) is 29.8 Å². The number of halogens is 2. The molecule has 2 nitrogen and oxygen atoms in total. The van der Waals surface area contributed by atoms with E-state index in [1.807, 2.05) is 6.07 Å². The van der Waals surface area contributed by atoms with Gasteiger partial charge in [-0.05, 0) is 100 Å². The van der Waals surface area contributed by atoms with Crippen molar-refractivity contribution in [1.82, 2.24) is 9.80 Å². The number of aryl methyl sites for hydroxylation is 1. The minimum atomic E-state index is 0.704. The molecule has 1 aromatic rings. The van der Waals surface area contributed by atoms with Crippen LogP contribution < -0.4 is 0 Å². The molecule has 1 aromatic carbocycles. The fourth-order valence-electron chi connectivity index (χ4n) is 6.58. The van der Waals surface area contributed by atoms with E-state index in [1.54, 1.807) is 5.57 Å². The molecule has 0 radical (unpaired) electrons. The van der Waals surface area contributed by atoms with E-state index in [2.05, 4.69) is 28.0 Å². The molecule has 0 unspecified atom stereocenters. The van der Waals surface area contributed by atoms with Gasteiger partial charge in [-0.2, -0.15) is 0 Å². The molecule has 4 heteroatoms. The Bertz CT molecular complexity index is 726. The van der Waals surface area contributed by atoms with E-state index in [0.717, 1.165) is 34.3 Å². The van der Waals surface area contributed by atoms with Gasteiger partial charge in [-0.15, -0.1) is 0 Å². The van der Waals surface area contributed by atoms with Crippen molar-refractivity contribution >= 4 is 23.2 Å². The summed E-state index contributed by atoms with van der Waals surface area (Å²) in [6, 6.07) is 7.51. The maximum absolute atomic E-state index is 6.18. The lowest BCUT2D eigenvalue weighted by molar-refractivity contribution is -0.000826. The van der Waals surface area contributed by atoms with Crippen LogP contribution in [0.1, 0.15) is 50.5 Å². The highest BCUT2D eigenvalue weighted by molar-refractivity contribution is 6.34. The fourth-order valence-corrected chi connectivity index (χ4v) is 7.15. The van der Waals surface area contributed by atoms with Crippen molar-refractivity contribution in [3.8, 4) is 0 Å². The van der Waals surface area contributed by atoms with Crippen LogP contribution in [0, 0.1) is 11.8 Å². The summed E-state index contributed by atoms with van der Waals surface area (Å²) < 4.78 is 0. The molecule has 4 atom stereocenters. The van der Waals surface area contributed by atoms with Crippen molar-refractivity contribution in [3.05, 3.63) is 45.5 Å². The average molecular weight is 419 g/mol. The van der Waals surface area contributed by atoms with E-state index in [0.29, 0.717) is 6.04 Å². The van der Waals surface area contributed by atoms with Crippen LogP contribution in [0.5, 0.6) is 0 Å². The number of piperidine rings is 3. The number of likely N-dealkylation sites (tertiary alicyclic amines) is 1. The monoisotopic (exact) mass is 418 g/mol. The Labute approximate surface area is 179 Å². The third kappa shape index (κ3) is 3.90. The quantitative estimate of drug-likeness (QED) is 0.568. The second-order valence-corrected chi connectivity index (χ2v) is 10.3. The van der Waals surface area contributed by atoms with E-state index in [4.69, 9.17) is 23.2 Å². The summed E-state index contributed by atoms with van der Waals surface area (Å²) in [5.74, 6) is 1.68. The second kappa shape index (κ2) is 8.30. The summed E-state index contributed by atoms with van der Waals surface area (Å²) in [4.78, 5) is 5.66. The summed E-state index contributed by atoms with van der Waals surface area (Å²) in [5, 5.41) is 1.50. The van der Waals surface area contributed by atoms with Gasteiger partial charge in [0.25, 0.3) is 0 Å². The van der Waals surface area contributed by atoms with Crippen LogP contribution >= 0.6 is 23.2 Å². The molecule has 0 amide bonds. The van der Waals surface area contributed by atoms with Crippen LogP contribution in [0.3, 0.4) is 0 Å². The molecule has 152 valence electrons. The SMILES string of the molecule is Clc1cc(Cl)cc(CCCN2CCCC3=C[C@H]4C[C@H](CN5CCCC[C@H]45)[C@@H]32)c1. The minimum absolute atomic E-state index is 0.704. The normalized spacial score (nSPS) is 33.1. The van der Waals surface area contributed by atoms with Crippen molar-refractivity contribution in [2.75, 3.05) is 26.2 Å². The Hall–Kier alpha value is -0.540. The number of rotatable bonds is 4. The molecule has 5 rings (SSSR count). The molecule has 3 aliphatic heterocycles. The average Bonchev–Trinajstić information content (AvgIpc) is 2.67. The number of fused-ring (bicyclic) bond motifs is 6. The van der Waals surface area contributed by atoms with Crippen LogP contribution in [0.2, 0.25) is 10.0 Å². The Morgan fingerprint density at radius 2 is 1.86 bits per heavy atom. The topological polar surface area (TPSA) is 6.48 Å². The molecule has 3 heterocycles. The Morgan fingerprint density at radius 1 is 1.00 bits per heavy atom. The third-order valence-corrected chi connectivity index (χ3v) is 8.03. The molecule has 0 saturated carbocycles. The second-order valence-electron chi connectivity index (χ2n) is 9.42. The predicted octanol–water partition coefficient (Wildman–Crippen LogP) is 5.82. The highest BCUT2D eigenvalue weighted by Crippen LogP contribution is 2.45. The number of nitrogens with zero attached hydrogens (tertiary/aromatic N) is 2. The van der Waals surface area contributed by atoms with Crippen molar-refractivity contribution in [2.24, 2.45) is 11.8 Å². The molecule has 3 saturated heterocycles. The Kier molecular flexibility index (Phi) is 5.76. The van der Waals surface area contributed by atoms with Gasteiger partial charge >= 0.3 is 0 Å².